The molecule has 2 aliphatic rings. The number of nitro groups is 1. The molecule has 1 aliphatic carbocycles. The van der Waals surface area contributed by atoms with Crippen LogP contribution in [-0.2, 0) is 35.3 Å². The van der Waals surface area contributed by atoms with Gasteiger partial charge < -0.3 is 31.2 Å². The van der Waals surface area contributed by atoms with E-state index in [2.05, 4.69) is 16.0 Å². The summed E-state index contributed by atoms with van der Waals surface area (Å²) in [5, 5.41) is 19.1. The molecule has 1 aliphatic heterocycles. The Morgan fingerprint density at radius 3 is 2.22 bits per heavy atom. The number of unbranched alkanes of at least 4 members (excludes halogenated alkanes) is 2. The number of urea groups is 1. The predicted octanol–water partition coefficient (Wildman–Crippen LogP) is 4.43. The van der Waals surface area contributed by atoms with Gasteiger partial charge in [-0.05, 0) is 74.3 Å². The molecule has 1 saturated carbocycles. The van der Waals surface area contributed by atoms with Crippen LogP contribution >= 0.6 is 0 Å². The largest absolute Gasteiger partial charge is 0.514 e. The van der Waals surface area contributed by atoms with Crippen molar-refractivity contribution in [2.45, 2.75) is 83.3 Å². The lowest BCUT2D eigenvalue weighted by molar-refractivity contribution is -0.384. The van der Waals surface area contributed by atoms with Crippen LogP contribution in [0.1, 0.15) is 76.2 Å². The van der Waals surface area contributed by atoms with Gasteiger partial charge in [-0.25, -0.2) is 9.59 Å². The van der Waals surface area contributed by atoms with Crippen LogP contribution in [-0.4, -0.2) is 70.6 Å². The number of nitro benzene ring substituents is 1. The summed E-state index contributed by atoms with van der Waals surface area (Å²) in [6.07, 6.45) is 7.17. The van der Waals surface area contributed by atoms with Crippen molar-refractivity contribution in [2.24, 2.45) is 17.6 Å². The number of nitrogens with zero attached hydrogens (tertiary/aromatic N) is 2. The zero-order chi connectivity index (χ0) is 39.7. The smallest absolute Gasteiger partial charge is 0.429 e. The van der Waals surface area contributed by atoms with Crippen molar-refractivity contribution in [2.75, 3.05) is 18.4 Å². The van der Waals surface area contributed by atoms with Crippen molar-refractivity contribution in [3.05, 3.63) is 76.4 Å². The number of hydrogen-bond acceptors (Lipinski definition) is 11. The van der Waals surface area contributed by atoms with E-state index in [-0.39, 0.29) is 79.8 Å². The second kappa shape index (κ2) is 20.9. The minimum absolute atomic E-state index is 0.0578. The van der Waals surface area contributed by atoms with Crippen LogP contribution in [0.4, 0.5) is 21.0 Å². The fourth-order valence-electron chi connectivity index (χ4n) is 6.47. The average Bonchev–Trinajstić information content (AvgIpc) is 3.81. The molecule has 17 heteroatoms. The number of non-ortho nitro benzene ring substituents is 1. The van der Waals surface area contributed by atoms with Gasteiger partial charge in [-0.1, -0.05) is 31.4 Å². The lowest BCUT2D eigenvalue weighted by atomic mass is 9.87. The number of nitrogens with one attached hydrogen (secondary N) is 3. The van der Waals surface area contributed by atoms with Gasteiger partial charge in [0.2, 0.25) is 11.8 Å². The molecule has 5 N–H and O–H groups in total. The highest BCUT2D eigenvalue weighted by atomic mass is 16.7. The van der Waals surface area contributed by atoms with E-state index in [4.69, 9.17) is 15.2 Å². The van der Waals surface area contributed by atoms with Crippen LogP contribution in [0.25, 0.3) is 0 Å². The summed E-state index contributed by atoms with van der Waals surface area (Å²) in [6, 6.07) is 9.91. The van der Waals surface area contributed by atoms with Gasteiger partial charge in [-0.3, -0.25) is 39.0 Å². The lowest BCUT2D eigenvalue weighted by Gasteiger charge is -2.26. The Balaban J connectivity index is 1.30. The van der Waals surface area contributed by atoms with Crippen molar-refractivity contribution < 1.29 is 48.0 Å². The second-order valence-electron chi connectivity index (χ2n) is 13.4. The van der Waals surface area contributed by atoms with Gasteiger partial charge in [0.1, 0.15) is 12.4 Å². The molecule has 1 heterocycles. The molecular formula is C38H46N6O11. The summed E-state index contributed by atoms with van der Waals surface area (Å²) in [5.41, 5.74) is 6.03. The number of nitrogens with two attached hydrogens (primary N) is 1. The third-order valence-corrected chi connectivity index (χ3v) is 9.39. The third kappa shape index (κ3) is 13.7. The fraction of sp³-hybridized carbons (Fsp3) is 0.447. The first-order valence-electron chi connectivity index (χ1n) is 18.3. The zero-order valence-electron chi connectivity index (χ0n) is 30.4. The van der Waals surface area contributed by atoms with Gasteiger partial charge in [0, 0.05) is 61.8 Å². The fourth-order valence-corrected chi connectivity index (χ4v) is 6.47. The first-order chi connectivity index (χ1) is 26.4. The van der Waals surface area contributed by atoms with E-state index in [1.54, 1.807) is 24.3 Å². The number of anilines is 1. The van der Waals surface area contributed by atoms with E-state index in [1.807, 2.05) is 0 Å². The topological polar surface area (TPSA) is 246 Å². The zero-order valence-corrected chi connectivity index (χ0v) is 30.4. The minimum Gasteiger partial charge on any atom is -0.429 e. The Bertz CT molecular complexity index is 1720. The van der Waals surface area contributed by atoms with E-state index < -0.39 is 35.0 Å². The average molecular weight is 763 g/mol. The first kappa shape index (κ1) is 41.6. The van der Waals surface area contributed by atoms with Crippen molar-refractivity contribution in [3.8, 4) is 5.75 Å². The molecule has 55 heavy (non-hydrogen) atoms. The Kier molecular flexibility index (Phi) is 15.8. The number of hydrogen-bond donors (Lipinski definition) is 4. The molecule has 0 aromatic heterocycles. The number of ether oxygens (including phenoxy) is 2. The van der Waals surface area contributed by atoms with E-state index in [0.29, 0.717) is 36.9 Å². The number of benzene rings is 2. The molecule has 294 valence electrons. The number of carbonyl (C=O) groups excluding carboxylic acids is 7. The molecule has 2 atom stereocenters. The molecule has 0 saturated heterocycles. The highest BCUT2D eigenvalue weighted by Gasteiger charge is 2.34. The van der Waals surface area contributed by atoms with Gasteiger partial charge in [0.05, 0.1) is 11.0 Å². The Hall–Kier alpha value is -6.13. The number of rotatable bonds is 21. The molecule has 2 aromatic carbocycles. The quantitative estimate of drug-likeness (QED) is 0.0346. The number of Topliss-reactive ketones (excluding diaryl/α,β-unsaturated/α-hetero) is 1. The molecule has 0 unspecified atom stereocenters. The van der Waals surface area contributed by atoms with Crippen molar-refractivity contribution >= 4 is 53.0 Å². The number of carbonyl (C=O) groups is 7. The van der Waals surface area contributed by atoms with Crippen LogP contribution in [0.15, 0.2) is 60.7 Å². The Labute approximate surface area is 317 Å². The molecule has 1 fully saturated rings. The molecule has 0 radical (unpaired) electrons. The molecule has 17 nitrogen and oxygen atoms in total. The van der Waals surface area contributed by atoms with E-state index in [1.165, 1.54) is 36.4 Å². The molecule has 2 aromatic rings. The third-order valence-electron chi connectivity index (χ3n) is 9.39. The summed E-state index contributed by atoms with van der Waals surface area (Å²) in [7, 11) is 0. The summed E-state index contributed by atoms with van der Waals surface area (Å²) >= 11 is 0. The number of amides is 6. The molecule has 0 bridgehead atoms. The summed E-state index contributed by atoms with van der Waals surface area (Å²) in [6.45, 7) is 0.321. The molecular weight excluding hydrogens is 716 g/mol. The minimum atomic E-state index is -1.01. The van der Waals surface area contributed by atoms with Crippen molar-refractivity contribution in [1.29, 1.82) is 0 Å². The monoisotopic (exact) mass is 762 g/mol. The first-order valence-corrected chi connectivity index (χ1v) is 18.3. The number of primary amides is 1. The van der Waals surface area contributed by atoms with Crippen LogP contribution < -0.4 is 26.4 Å². The van der Waals surface area contributed by atoms with Gasteiger partial charge >= 0.3 is 12.2 Å². The summed E-state index contributed by atoms with van der Waals surface area (Å²) in [4.78, 5) is 98.6. The van der Waals surface area contributed by atoms with Crippen molar-refractivity contribution in [1.82, 2.24) is 15.5 Å². The summed E-state index contributed by atoms with van der Waals surface area (Å²) in [5.74, 6) is -2.43. The van der Waals surface area contributed by atoms with Crippen LogP contribution in [0.5, 0.6) is 5.75 Å². The molecule has 4 rings (SSSR count). The Morgan fingerprint density at radius 1 is 0.909 bits per heavy atom. The number of imide groups is 1. The standard InChI is InChI=1S/C38H46N6O11/c39-37(50)40-21-6-9-27(36(49)41-28-13-11-25(12-14-28)24-54-38(51)55-30-17-15-29(16-18-30)44(52)53)23-31(45)35(26-7-3-4-8-26)42-32(46)10-2-1-5-22-43-33(47)19-20-34(43)48/h11-20,26-27,35H,1-10,21-24H2,(H,41,49)(H,42,46)(H3,39,40,50)/t27-,35+/m1/s1. The van der Waals surface area contributed by atoms with Gasteiger partial charge in [0.15, 0.2) is 5.78 Å². The van der Waals surface area contributed by atoms with E-state index in [0.717, 1.165) is 30.6 Å². The van der Waals surface area contributed by atoms with Gasteiger partial charge in [-0.2, -0.15) is 0 Å². The van der Waals surface area contributed by atoms with Crippen LogP contribution in [0.2, 0.25) is 0 Å². The van der Waals surface area contributed by atoms with Gasteiger partial charge in [0.25, 0.3) is 17.5 Å². The number of ketones is 1. The maximum absolute atomic E-state index is 13.8. The molecule has 6 amide bonds. The normalized spacial score (nSPS) is 14.9. The van der Waals surface area contributed by atoms with E-state index in [9.17, 15) is 43.7 Å². The second-order valence-corrected chi connectivity index (χ2v) is 13.4. The van der Waals surface area contributed by atoms with Crippen LogP contribution in [0, 0.1) is 22.0 Å². The Morgan fingerprint density at radius 2 is 1.58 bits per heavy atom. The predicted molar refractivity (Wildman–Crippen MR) is 197 cm³/mol. The van der Waals surface area contributed by atoms with Crippen LogP contribution in [0.3, 0.4) is 0 Å². The molecule has 0 spiro atoms. The SMILES string of the molecule is NC(=O)NCCC[C@H](CC(=O)[C@@H](NC(=O)CCCCCN1C(=O)C=CC1=O)C1CCCC1)C(=O)Nc1ccc(COC(=O)Oc2ccc([N+](=O)[O-])cc2)cc1. The highest BCUT2D eigenvalue weighted by Crippen LogP contribution is 2.30. The summed E-state index contributed by atoms with van der Waals surface area (Å²) < 4.78 is 10.2. The van der Waals surface area contributed by atoms with Crippen molar-refractivity contribution in [3.63, 3.8) is 0 Å². The lowest BCUT2D eigenvalue weighted by Crippen LogP contribution is -2.46. The maximum atomic E-state index is 13.8. The maximum Gasteiger partial charge on any atom is 0.514 e. The van der Waals surface area contributed by atoms with Gasteiger partial charge in [-0.15, -0.1) is 0 Å². The van der Waals surface area contributed by atoms with E-state index >= 15 is 0 Å². The highest BCUT2D eigenvalue weighted by molar-refractivity contribution is 6.12.